The molecule has 4 rings (SSSR count). The van der Waals surface area contributed by atoms with E-state index in [9.17, 15) is 13.2 Å². The van der Waals surface area contributed by atoms with Crippen molar-refractivity contribution >= 4 is 32.4 Å². The van der Waals surface area contributed by atoms with Gasteiger partial charge in [0.2, 0.25) is 5.91 Å². The van der Waals surface area contributed by atoms with Crippen molar-refractivity contribution in [1.82, 2.24) is 4.90 Å². The van der Waals surface area contributed by atoms with Crippen molar-refractivity contribution in [2.45, 2.75) is 50.1 Å². The molecule has 0 spiro atoms. The van der Waals surface area contributed by atoms with Crippen LogP contribution in [0.3, 0.4) is 0 Å². The molecule has 0 aliphatic carbocycles. The lowest BCUT2D eigenvalue weighted by Crippen LogP contribution is -2.51. The van der Waals surface area contributed by atoms with Gasteiger partial charge < -0.3 is 4.90 Å². The number of likely N-dealkylation sites (tertiary alicyclic amines) is 1. The molecule has 2 aliphatic rings. The molecule has 1 amide bonds. The summed E-state index contributed by atoms with van der Waals surface area (Å²) in [4.78, 5) is 15.1. The summed E-state index contributed by atoms with van der Waals surface area (Å²) >= 11 is 0. The molecule has 0 saturated carbocycles. The maximum atomic E-state index is 13.0. The third-order valence-electron chi connectivity index (χ3n) is 5.44. The second kappa shape index (κ2) is 5.73. The van der Waals surface area contributed by atoms with Crippen molar-refractivity contribution in [3.05, 3.63) is 36.4 Å². The van der Waals surface area contributed by atoms with E-state index in [4.69, 9.17) is 0 Å². The molecule has 2 atom stereocenters. The average molecular weight is 358 g/mol. The van der Waals surface area contributed by atoms with Crippen LogP contribution in [0.5, 0.6) is 0 Å². The first-order valence-electron chi connectivity index (χ1n) is 8.77. The molecule has 25 heavy (non-hydrogen) atoms. The normalized spacial score (nSPS) is 24.7. The highest BCUT2D eigenvalue weighted by molar-refractivity contribution is 7.93. The van der Waals surface area contributed by atoms with Gasteiger partial charge in [-0.05, 0) is 50.6 Å². The van der Waals surface area contributed by atoms with E-state index in [-0.39, 0.29) is 24.5 Å². The highest BCUT2D eigenvalue weighted by Crippen LogP contribution is 2.42. The van der Waals surface area contributed by atoms with E-state index < -0.39 is 10.0 Å². The van der Waals surface area contributed by atoms with E-state index in [1.807, 2.05) is 36.9 Å². The van der Waals surface area contributed by atoms with Gasteiger partial charge in [0, 0.05) is 17.5 Å². The Labute approximate surface area is 148 Å². The van der Waals surface area contributed by atoms with E-state index in [2.05, 4.69) is 0 Å². The number of carbonyl (C=O) groups is 1. The van der Waals surface area contributed by atoms with Gasteiger partial charge in [0.1, 0.15) is 6.54 Å². The third kappa shape index (κ3) is 2.42. The van der Waals surface area contributed by atoms with Crippen LogP contribution in [0.1, 0.15) is 33.1 Å². The molecule has 6 heteroatoms. The summed E-state index contributed by atoms with van der Waals surface area (Å²) in [7, 11) is -3.68. The number of carbonyl (C=O) groups excluding carboxylic acids is 1. The molecular formula is C19H22N2O3S. The summed E-state index contributed by atoms with van der Waals surface area (Å²) in [6.45, 7) is 3.95. The summed E-state index contributed by atoms with van der Waals surface area (Å²) < 4.78 is 27.3. The van der Waals surface area contributed by atoms with Crippen LogP contribution in [0.25, 0.3) is 10.8 Å². The monoisotopic (exact) mass is 358 g/mol. The van der Waals surface area contributed by atoms with E-state index in [1.165, 1.54) is 4.31 Å². The van der Waals surface area contributed by atoms with Crippen LogP contribution < -0.4 is 4.31 Å². The van der Waals surface area contributed by atoms with Gasteiger partial charge >= 0.3 is 0 Å². The molecular weight excluding hydrogens is 336 g/mol. The minimum atomic E-state index is -3.68. The molecule has 0 N–H and O–H groups in total. The predicted molar refractivity (Wildman–Crippen MR) is 98.1 cm³/mol. The van der Waals surface area contributed by atoms with Gasteiger partial charge in [0.05, 0.1) is 10.6 Å². The fourth-order valence-electron chi connectivity index (χ4n) is 4.25. The van der Waals surface area contributed by atoms with E-state index in [0.29, 0.717) is 10.6 Å². The molecule has 1 saturated heterocycles. The van der Waals surface area contributed by atoms with Gasteiger partial charge in [-0.1, -0.05) is 24.3 Å². The predicted octanol–water partition coefficient (Wildman–Crippen LogP) is 3.14. The molecule has 2 heterocycles. The number of hydrogen-bond donors (Lipinski definition) is 0. The summed E-state index contributed by atoms with van der Waals surface area (Å²) in [6, 6.07) is 11.1. The Balaban J connectivity index is 1.72. The zero-order valence-corrected chi connectivity index (χ0v) is 15.3. The largest absolute Gasteiger partial charge is 0.336 e. The van der Waals surface area contributed by atoms with Gasteiger partial charge in [-0.15, -0.1) is 0 Å². The van der Waals surface area contributed by atoms with Crippen molar-refractivity contribution in [3.8, 4) is 0 Å². The lowest BCUT2D eigenvalue weighted by molar-refractivity contribution is -0.135. The zero-order chi connectivity index (χ0) is 17.8. The molecule has 132 valence electrons. The molecule has 2 aromatic carbocycles. The molecule has 5 nitrogen and oxygen atoms in total. The number of piperidine rings is 1. The maximum Gasteiger partial charge on any atom is 0.265 e. The molecule has 0 radical (unpaired) electrons. The summed E-state index contributed by atoms with van der Waals surface area (Å²) in [5.41, 5.74) is 0.610. The van der Waals surface area contributed by atoms with Crippen molar-refractivity contribution in [2.24, 2.45) is 0 Å². The minimum Gasteiger partial charge on any atom is -0.336 e. The van der Waals surface area contributed by atoms with Crippen LogP contribution in [-0.2, 0) is 14.8 Å². The van der Waals surface area contributed by atoms with Crippen molar-refractivity contribution < 1.29 is 13.2 Å². The fraction of sp³-hybridized carbons (Fsp3) is 0.421. The average Bonchev–Trinajstić information content (AvgIpc) is 2.78. The summed E-state index contributed by atoms with van der Waals surface area (Å²) in [5.74, 6) is -0.118. The van der Waals surface area contributed by atoms with Crippen molar-refractivity contribution in [3.63, 3.8) is 0 Å². The number of amides is 1. The van der Waals surface area contributed by atoms with Crippen molar-refractivity contribution in [1.29, 1.82) is 0 Å². The Morgan fingerprint density at radius 1 is 1.08 bits per heavy atom. The van der Waals surface area contributed by atoms with Crippen LogP contribution in [0.15, 0.2) is 41.3 Å². The van der Waals surface area contributed by atoms with E-state index in [0.717, 1.165) is 30.0 Å². The first kappa shape index (κ1) is 16.4. The molecule has 2 aromatic rings. The topological polar surface area (TPSA) is 57.7 Å². The zero-order valence-electron chi connectivity index (χ0n) is 14.5. The standard InChI is InChI=1S/C19H22N2O3S/c1-13-6-3-7-14(2)21(13)18(22)12-20-16-10-4-8-15-9-5-11-17(19(15)16)25(20,23)24/h4-5,8-11,13-14H,3,6-7,12H2,1-2H3/t13-,14-/m0/s1. The van der Waals surface area contributed by atoms with Gasteiger partial charge in [0.25, 0.3) is 10.0 Å². The van der Waals surface area contributed by atoms with Crippen LogP contribution in [0.4, 0.5) is 5.69 Å². The lowest BCUT2D eigenvalue weighted by atomic mass is 9.97. The Morgan fingerprint density at radius 2 is 1.72 bits per heavy atom. The molecule has 2 aliphatic heterocycles. The van der Waals surface area contributed by atoms with Crippen LogP contribution in [-0.4, -0.2) is 37.9 Å². The first-order chi connectivity index (χ1) is 11.9. The second-order valence-corrected chi connectivity index (χ2v) is 8.90. The Hall–Kier alpha value is -2.08. The number of rotatable bonds is 2. The number of hydrogen-bond acceptors (Lipinski definition) is 3. The quantitative estimate of drug-likeness (QED) is 0.829. The second-order valence-electron chi connectivity index (χ2n) is 7.07. The van der Waals surface area contributed by atoms with Gasteiger partial charge in [-0.25, -0.2) is 8.42 Å². The van der Waals surface area contributed by atoms with E-state index in [1.54, 1.807) is 18.2 Å². The van der Waals surface area contributed by atoms with E-state index >= 15 is 0 Å². The number of benzene rings is 2. The Bertz CT molecular complexity index is 939. The van der Waals surface area contributed by atoms with Gasteiger partial charge in [0.15, 0.2) is 0 Å². The lowest BCUT2D eigenvalue weighted by Gasteiger charge is -2.39. The number of sulfonamides is 1. The highest BCUT2D eigenvalue weighted by Gasteiger charge is 2.39. The van der Waals surface area contributed by atoms with Gasteiger partial charge in [-0.2, -0.15) is 0 Å². The third-order valence-corrected chi connectivity index (χ3v) is 7.24. The maximum absolute atomic E-state index is 13.0. The molecule has 0 unspecified atom stereocenters. The minimum absolute atomic E-state index is 0.118. The number of anilines is 1. The van der Waals surface area contributed by atoms with Crippen LogP contribution in [0.2, 0.25) is 0 Å². The highest BCUT2D eigenvalue weighted by atomic mass is 32.2. The summed E-state index contributed by atoms with van der Waals surface area (Å²) in [6.07, 6.45) is 3.05. The van der Waals surface area contributed by atoms with Crippen molar-refractivity contribution in [2.75, 3.05) is 10.8 Å². The Morgan fingerprint density at radius 3 is 2.40 bits per heavy atom. The van der Waals surface area contributed by atoms with Crippen LogP contribution >= 0.6 is 0 Å². The molecule has 1 fully saturated rings. The van der Waals surface area contributed by atoms with Gasteiger partial charge in [-0.3, -0.25) is 9.10 Å². The molecule has 0 aromatic heterocycles. The smallest absolute Gasteiger partial charge is 0.265 e. The SMILES string of the molecule is C[C@H]1CCC[C@H](C)N1C(=O)CN1c2cccc3cccc(c23)S1(=O)=O. The van der Waals surface area contributed by atoms with Crippen LogP contribution in [0, 0.1) is 0 Å². The molecule has 0 bridgehead atoms. The summed E-state index contributed by atoms with van der Waals surface area (Å²) in [5, 5.41) is 1.60. The number of nitrogens with zero attached hydrogens (tertiary/aromatic N) is 2. The first-order valence-corrected chi connectivity index (χ1v) is 10.2. The Kier molecular flexibility index (Phi) is 3.76. The fourth-order valence-corrected chi connectivity index (χ4v) is 5.91.